The first-order chi connectivity index (χ1) is 9.70. The van der Waals surface area contributed by atoms with Crippen LogP contribution in [-0.4, -0.2) is 27.6 Å². The number of aliphatic hydroxyl groups is 1. The third-order valence-electron chi connectivity index (χ3n) is 2.35. The monoisotopic (exact) mass is 269 g/mol. The van der Waals surface area contributed by atoms with E-state index in [9.17, 15) is 9.59 Å². The summed E-state index contributed by atoms with van der Waals surface area (Å²) in [5.41, 5.74) is 0.0393. The van der Waals surface area contributed by atoms with Crippen LogP contribution in [0.1, 0.15) is 16.1 Å². The molecule has 1 amide bonds. The molecule has 0 fully saturated rings. The number of carbonyl (C=O) groups is 1. The Morgan fingerprint density at radius 3 is 3.00 bits per heavy atom. The van der Waals surface area contributed by atoms with Crippen LogP contribution in [0.5, 0.6) is 0 Å². The second-order valence-electron chi connectivity index (χ2n) is 3.74. The Morgan fingerprint density at radius 2 is 2.25 bits per heavy atom. The van der Waals surface area contributed by atoms with Gasteiger partial charge in [0.05, 0.1) is 0 Å². The molecule has 0 atom stereocenters. The molecular formula is C14H11N3O3. The van der Waals surface area contributed by atoms with Crippen LogP contribution < -0.4 is 10.7 Å². The molecule has 0 saturated heterocycles. The lowest BCUT2D eigenvalue weighted by Crippen LogP contribution is -2.21. The minimum atomic E-state index is -0.549. The maximum Gasteiger partial charge on any atom is 0.262 e. The summed E-state index contributed by atoms with van der Waals surface area (Å²) in [6.45, 7) is -0.266. The third kappa shape index (κ3) is 3.31. The molecule has 0 saturated carbocycles. The molecule has 0 spiro atoms. The molecule has 0 aliphatic rings. The minimum absolute atomic E-state index is 0.00106. The zero-order chi connectivity index (χ0) is 14.4. The van der Waals surface area contributed by atoms with E-state index in [0.717, 1.165) is 0 Å². The van der Waals surface area contributed by atoms with Crippen molar-refractivity contribution in [2.24, 2.45) is 0 Å². The van der Waals surface area contributed by atoms with Crippen LogP contribution in [0.25, 0.3) is 0 Å². The van der Waals surface area contributed by atoms with Crippen molar-refractivity contribution in [3.8, 4) is 11.8 Å². The zero-order valence-electron chi connectivity index (χ0n) is 10.4. The first kappa shape index (κ1) is 13.5. The molecule has 0 bridgehead atoms. The predicted octanol–water partition coefficient (Wildman–Crippen LogP) is 0.366. The molecule has 20 heavy (non-hydrogen) atoms. The normalized spacial score (nSPS) is 9.45. The van der Waals surface area contributed by atoms with E-state index < -0.39 is 5.91 Å². The van der Waals surface area contributed by atoms with Crippen molar-refractivity contribution in [3.63, 3.8) is 0 Å². The number of aromatic amines is 1. The van der Waals surface area contributed by atoms with Crippen LogP contribution in [0.3, 0.4) is 0 Å². The number of hydrogen-bond donors (Lipinski definition) is 3. The highest BCUT2D eigenvalue weighted by molar-refractivity contribution is 6.03. The number of aliphatic hydroxyl groups excluding tert-OH is 1. The number of hydrogen-bond acceptors (Lipinski definition) is 4. The molecule has 0 aliphatic heterocycles. The van der Waals surface area contributed by atoms with Crippen LogP contribution in [0.4, 0.5) is 5.82 Å². The summed E-state index contributed by atoms with van der Waals surface area (Å²) in [4.78, 5) is 30.2. The van der Waals surface area contributed by atoms with Crippen molar-refractivity contribution < 1.29 is 9.90 Å². The number of nitrogens with one attached hydrogen (secondary N) is 2. The number of carbonyl (C=O) groups excluding carboxylic acids is 1. The van der Waals surface area contributed by atoms with Crippen molar-refractivity contribution >= 4 is 11.7 Å². The SMILES string of the molecule is O=C(Nc1cccc(C#CCO)n1)c1c[nH]ccc1=O. The fourth-order valence-electron chi connectivity index (χ4n) is 1.48. The van der Waals surface area contributed by atoms with E-state index in [1.165, 1.54) is 18.5 Å². The summed E-state index contributed by atoms with van der Waals surface area (Å²) in [5.74, 6) is 4.82. The number of H-pyrrole nitrogens is 1. The van der Waals surface area contributed by atoms with Gasteiger partial charge < -0.3 is 15.4 Å². The smallest absolute Gasteiger partial charge is 0.262 e. The summed E-state index contributed by atoms with van der Waals surface area (Å²) < 4.78 is 0. The predicted molar refractivity (Wildman–Crippen MR) is 73.2 cm³/mol. The fraction of sp³-hybridized carbons (Fsp3) is 0.0714. The number of aromatic nitrogens is 2. The molecule has 0 aromatic carbocycles. The highest BCUT2D eigenvalue weighted by Crippen LogP contribution is 2.05. The largest absolute Gasteiger partial charge is 0.384 e. The van der Waals surface area contributed by atoms with Crippen LogP contribution >= 0.6 is 0 Å². The lowest BCUT2D eigenvalue weighted by molar-refractivity contribution is 0.102. The Kier molecular flexibility index (Phi) is 4.27. The quantitative estimate of drug-likeness (QED) is 0.686. The average molecular weight is 269 g/mol. The summed E-state index contributed by atoms with van der Waals surface area (Å²) >= 11 is 0. The number of amides is 1. The van der Waals surface area contributed by atoms with Crippen LogP contribution in [0, 0.1) is 11.8 Å². The van der Waals surface area contributed by atoms with Crippen molar-refractivity contribution in [1.29, 1.82) is 0 Å². The van der Waals surface area contributed by atoms with Gasteiger partial charge in [-0.3, -0.25) is 9.59 Å². The Balaban J connectivity index is 2.20. The molecule has 3 N–H and O–H groups in total. The highest BCUT2D eigenvalue weighted by atomic mass is 16.2. The maximum atomic E-state index is 11.9. The van der Waals surface area contributed by atoms with Crippen LogP contribution in [0.15, 0.2) is 41.5 Å². The van der Waals surface area contributed by atoms with Gasteiger partial charge in [0, 0.05) is 18.5 Å². The van der Waals surface area contributed by atoms with Crippen molar-refractivity contribution in [1.82, 2.24) is 9.97 Å². The second kappa shape index (κ2) is 6.31. The Morgan fingerprint density at radius 1 is 1.40 bits per heavy atom. The summed E-state index contributed by atoms with van der Waals surface area (Å²) in [6, 6.07) is 6.16. The van der Waals surface area contributed by atoms with Gasteiger partial charge in [-0.1, -0.05) is 12.0 Å². The molecule has 2 aromatic rings. The van der Waals surface area contributed by atoms with Crippen LogP contribution in [-0.2, 0) is 0 Å². The van der Waals surface area contributed by atoms with E-state index in [1.54, 1.807) is 18.2 Å². The topological polar surface area (TPSA) is 95.1 Å². The van der Waals surface area contributed by atoms with E-state index in [1.807, 2.05) is 0 Å². The van der Waals surface area contributed by atoms with Gasteiger partial charge in [-0.25, -0.2) is 4.98 Å². The summed E-state index contributed by atoms with van der Waals surface area (Å²) in [5, 5.41) is 11.1. The van der Waals surface area contributed by atoms with E-state index in [2.05, 4.69) is 27.1 Å². The van der Waals surface area contributed by atoms with Gasteiger partial charge in [0.2, 0.25) is 0 Å². The zero-order valence-corrected chi connectivity index (χ0v) is 10.4. The molecule has 2 aromatic heterocycles. The first-order valence-electron chi connectivity index (χ1n) is 5.76. The first-order valence-corrected chi connectivity index (χ1v) is 5.76. The van der Waals surface area contributed by atoms with Crippen molar-refractivity contribution in [2.45, 2.75) is 0 Å². The second-order valence-corrected chi connectivity index (χ2v) is 3.74. The van der Waals surface area contributed by atoms with Gasteiger partial charge in [0.25, 0.3) is 5.91 Å². The fourth-order valence-corrected chi connectivity index (χ4v) is 1.48. The van der Waals surface area contributed by atoms with E-state index in [-0.39, 0.29) is 23.4 Å². The molecule has 6 nitrogen and oxygen atoms in total. The van der Waals surface area contributed by atoms with Gasteiger partial charge in [0.15, 0.2) is 5.43 Å². The Hall–Kier alpha value is -2.91. The Labute approximate surface area is 114 Å². The number of nitrogens with zero attached hydrogens (tertiary/aromatic N) is 1. The van der Waals surface area contributed by atoms with E-state index in [0.29, 0.717) is 5.69 Å². The molecule has 0 aliphatic carbocycles. The average Bonchev–Trinajstić information content (AvgIpc) is 2.46. The molecule has 6 heteroatoms. The minimum Gasteiger partial charge on any atom is -0.384 e. The lowest BCUT2D eigenvalue weighted by atomic mass is 10.2. The standard InChI is InChI=1S/C14H11N3O3/c18-8-2-4-10-3-1-5-13(16-10)17-14(20)11-9-15-7-6-12(11)19/h1,3,5-7,9,18H,8H2,(H,15,19)(H,16,17,20). The van der Waals surface area contributed by atoms with Gasteiger partial charge >= 0.3 is 0 Å². The molecule has 2 rings (SSSR count). The van der Waals surface area contributed by atoms with Crippen molar-refractivity contribution in [3.05, 3.63) is 58.1 Å². The molecule has 0 unspecified atom stereocenters. The van der Waals surface area contributed by atoms with Crippen molar-refractivity contribution in [2.75, 3.05) is 11.9 Å². The summed E-state index contributed by atoms with van der Waals surface area (Å²) in [6.07, 6.45) is 2.77. The maximum absolute atomic E-state index is 11.9. The lowest BCUT2D eigenvalue weighted by Gasteiger charge is -2.03. The summed E-state index contributed by atoms with van der Waals surface area (Å²) in [7, 11) is 0. The number of anilines is 1. The molecule has 0 radical (unpaired) electrons. The highest BCUT2D eigenvalue weighted by Gasteiger charge is 2.10. The van der Waals surface area contributed by atoms with Gasteiger partial charge in [-0.15, -0.1) is 0 Å². The third-order valence-corrected chi connectivity index (χ3v) is 2.35. The Bertz CT molecular complexity index is 741. The van der Waals surface area contributed by atoms with E-state index in [4.69, 9.17) is 5.11 Å². The molecule has 100 valence electrons. The van der Waals surface area contributed by atoms with E-state index >= 15 is 0 Å². The number of rotatable bonds is 2. The molecule has 2 heterocycles. The van der Waals surface area contributed by atoms with Gasteiger partial charge in [0.1, 0.15) is 23.7 Å². The number of pyridine rings is 2. The van der Waals surface area contributed by atoms with Crippen LogP contribution in [0.2, 0.25) is 0 Å². The van der Waals surface area contributed by atoms with Gasteiger partial charge in [-0.05, 0) is 18.1 Å². The van der Waals surface area contributed by atoms with Gasteiger partial charge in [-0.2, -0.15) is 0 Å². The molecular weight excluding hydrogens is 258 g/mol.